The summed E-state index contributed by atoms with van der Waals surface area (Å²) >= 11 is 0. The Labute approximate surface area is 190 Å². The summed E-state index contributed by atoms with van der Waals surface area (Å²) in [7, 11) is 0. The molecule has 170 valence electrons. The Morgan fingerprint density at radius 1 is 1.24 bits per heavy atom. The lowest BCUT2D eigenvalue weighted by Crippen LogP contribution is -2.51. The summed E-state index contributed by atoms with van der Waals surface area (Å²) in [6.07, 6.45) is 4.93. The SMILES string of the molecule is Cc1cc(F)cc(-n2nccn2)c1C(=O)N1CCC[C@@H](C)[C@H]1CNc1nc2ccccc2o1. The minimum absolute atomic E-state index is 0.0795. The molecule has 1 amide bonds. The lowest BCUT2D eigenvalue weighted by Gasteiger charge is -2.40. The van der Waals surface area contributed by atoms with E-state index >= 15 is 0 Å². The van der Waals surface area contributed by atoms with Crippen LogP contribution in [-0.2, 0) is 0 Å². The molecule has 0 bridgehead atoms. The Morgan fingerprint density at radius 2 is 2.03 bits per heavy atom. The molecule has 3 heterocycles. The van der Waals surface area contributed by atoms with Gasteiger partial charge >= 0.3 is 0 Å². The van der Waals surface area contributed by atoms with Crippen molar-refractivity contribution in [1.82, 2.24) is 24.9 Å². The standard InChI is InChI=1S/C24H25FN6O2/c1-15-6-5-11-30(20(15)14-26-24-29-18-7-3-4-8-21(18)33-24)23(32)22-16(2)12-17(25)13-19(22)31-27-9-10-28-31/h3-4,7-10,12-13,15,20H,5-6,11,14H2,1-2H3,(H,26,29)/t15-,20-/m1/s1. The number of carbonyl (C=O) groups is 1. The number of anilines is 1. The molecule has 5 rings (SSSR count). The number of nitrogens with zero attached hydrogens (tertiary/aromatic N) is 5. The normalized spacial score (nSPS) is 18.6. The van der Waals surface area contributed by atoms with Gasteiger partial charge in [0.15, 0.2) is 5.58 Å². The lowest BCUT2D eigenvalue weighted by molar-refractivity contribution is 0.0538. The van der Waals surface area contributed by atoms with Crippen LogP contribution in [-0.4, -0.2) is 49.9 Å². The van der Waals surface area contributed by atoms with Crippen LogP contribution in [0.2, 0.25) is 0 Å². The average molecular weight is 449 g/mol. The van der Waals surface area contributed by atoms with E-state index in [1.807, 2.05) is 29.2 Å². The van der Waals surface area contributed by atoms with Gasteiger partial charge in [0.2, 0.25) is 0 Å². The number of halogens is 1. The fraction of sp³-hybridized carbons (Fsp3) is 0.333. The third-order valence-electron chi connectivity index (χ3n) is 6.26. The number of amides is 1. The van der Waals surface area contributed by atoms with Gasteiger partial charge in [-0.1, -0.05) is 19.1 Å². The summed E-state index contributed by atoms with van der Waals surface area (Å²) in [5, 5.41) is 11.5. The Morgan fingerprint density at radius 3 is 2.82 bits per heavy atom. The molecule has 33 heavy (non-hydrogen) atoms. The molecule has 0 spiro atoms. The van der Waals surface area contributed by atoms with Crippen LogP contribution in [0.5, 0.6) is 0 Å². The van der Waals surface area contributed by atoms with Crippen molar-refractivity contribution in [3.8, 4) is 5.69 Å². The molecule has 1 aliphatic heterocycles. The van der Waals surface area contributed by atoms with E-state index in [-0.39, 0.29) is 17.9 Å². The number of aryl methyl sites for hydroxylation is 1. The van der Waals surface area contributed by atoms with Gasteiger partial charge in [0.25, 0.3) is 11.9 Å². The van der Waals surface area contributed by atoms with Gasteiger partial charge in [0.05, 0.1) is 24.0 Å². The second-order valence-electron chi connectivity index (χ2n) is 8.49. The van der Waals surface area contributed by atoms with Crippen molar-refractivity contribution < 1.29 is 13.6 Å². The molecule has 8 nitrogen and oxygen atoms in total. The number of carbonyl (C=O) groups excluding carboxylic acids is 1. The maximum absolute atomic E-state index is 14.2. The molecule has 0 unspecified atom stereocenters. The number of benzene rings is 2. The van der Waals surface area contributed by atoms with Crippen LogP contribution in [0, 0.1) is 18.7 Å². The van der Waals surface area contributed by atoms with Crippen molar-refractivity contribution in [2.75, 3.05) is 18.4 Å². The fourth-order valence-electron chi connectivity index (χ4n) is 4.60. The van der Waals surface area contributed by atoms with Gasteiger partial charge in [-0.05, 0) is 49.4 Å². The first-order chi connectivity index (χ1) is 16.0. The van der Waals surface area contributed by atoms with Crippen LogP contribution in [0.25, 0.3) is 16.8 Å². The predicted octanol–water partition coefficient (Wildman–Crippen LogP) is 4.21. The van der Waals surface area contributed by atoms with E-state index in [4.69, 9.17) is 4.42 Å². The maximum atomic E-state index is 14.2. The highest BCUT2D eigenvalue weighted by molar-refractivity contribution is 5.99. The van der Waals surface area contributed by atoms with Crippen molar-refractivity contribution in [3.63, 3.8) is 0 Å². The van der Waals surface area contributed by atoms with Crippen molar-refractivity contribution in [3.05, 3.63) is 65.7 Å². The van der Waals surface area contributed by atoms with E-state index in [1.54, 1.807) is 6.92 Å². The van der Waals surface area contributed by atoms with E-state index in [1.165, 1.54) is 29.3 Å². The number of hydrogen-bond donors (Lipinski definition) is 1. The fourth-order valence-corrected chi connectivity index (χ4v) is 4.60. The molecular formula is C24H25FN6O2. The zero-order valence-electron chi connectivity index (χ0n) is 18.5. The van der Waals surface area contributed by atoms with Crippen LogP contribution in [0.3, 0.4) is 0 Å². The van der Waals surface area contributed by atoms with Gasteiger partial charge in [-0.25, -0.2) is 4.39 Å². The van der Waals surface area contributed by atoms with Gasteiger partial charge in [0, 0.05) is 19.2 Å². The quantitative estimate of drug-likeness (QED) is 0.492. The average Bonchev–Trinajstić information content (AvgIpc) is 3.47. The largest absolute Gasteiger partial charge is 0.424 e. The Hall–Kier alpha value is -3.75. The van der Waals surface area contributed by atoms with Gasteiger partial charge in [-0.15, -0.1) is 0 Å². The number of oxazole rings is 1. The van der Waals surface area contributed by atoms with Crippen LogP contribution in [0.15, 0.2) is 53.2 Å². The zero-order chi connectivity index (χ0) is 22.9. The van der Waals surface area contributed by atoms with E-state index in [9.17, 15) is 9.18 Å². The summed E-state index contributed by atoms with van der Waals surface area (Å²) in [6.45, 7) is 4.99. The van der Waals surface area contributed by atoms with E-state index in [0.717, 1.165) is 18.4 Å². The predicted molar refractivity (Wildman–Crippen MR) is 122 cm³/mol. The molecule has 4 aromatic rings. The van der Waals surface area contributed by atoms with Gasteiger partial charge < -0.3 is 14.6 Å². The second-order valence-corrected chi connectivity index (χ2v) is 8.49. The number of piperidine rings is 1. The summed E-state index contributed by atoms with van der Waals surface area (Å²) < 4.78 is 20.0. The summed E-state index contributed by atoms with van der Waals surface area (Å²) in [6, 6.07) is 10.6. The number of hydrogen-bond acceptors (Lipinski definition) is 6. The molecule has 2 atom stereocenters. The number of nitrogens with one attached hydrogen (secondary N) is 1. The highest BCUT2D eigenvalue weighted by atomic mass is 19.1. The molecular weight excluding hydrogens is 423 g/mol. The molecule has 2 aromatic heterocycles. The maximum Gasteiger partial charge on any atom is 0.295 e. The zero-order valence-corrected chi connectivity index (χ0v) is 18.5. The summed E-state index contributed by atoms with van der Waals surface area (Å²) in [5.74, 6) is -0.320. The smallest absolute Gasteiger partial charge is 0.295 e. The first kappa shape index (κ1) is 21.1. The third-order valence-corrected chi connectivity index (χ3v) is 6.26. The number of likely N-dealkylation sites (tertiary alicyclic amines) is 1. The van der Waals surface area contributed by atoms with Crippen LogP contribution in [0.4, 0.5) is 10.4 Å². The van der Waals surface area contributed by atoms with Gasteiger partial charge in [-0.3, -0.25) is 4.79 Å². The molecule has 9 heteroatoms. The van der Waals surface area contributed by atoms with Crippen molar-refractivity contribution in [2.24, 2.45) is 5.92 Å². The minimum atomic E-state index is -0.433. The topological polar surface area (TPSA) is 89.1 Å². The molecule has 0 radical (unpaired) electrons. The minimum Gasteiger partial charge on any atom is -0.424 e. The third kappa shape index (κ3) is 4.06. The van der Waals surface area contributed by atoms with Crippen LogP contribution < -0.4 is 5.32 Å². The first-order valence-corrected chi connectivity index (χ1v) is 11.1. The number of fused-ring (bicyclic) bond motifs is 1. The number of aromatic nitrogens is 4. The Balaban J connectivity index is 1.44. The molecule has 2 aromatic carbocycles. The van der Waals surface area contributed by atoms with Crippen molar-refractivity contribution >= 4 is 23.0 Å². The highest BCUT2D eigenvalue weighted by Crippen LogP contribution is 2.29. The van der Waals surface area contributed by atoms with Crippen molar-refractivity contribution in [2.45, 2.75) is 32.7 Å². The van der Waals surface area contributed by atoms with Crippen LogP contribution in [0.1, 0.15) is 35.7 Å². The van der Waals surface area contributed by atoms with Gasteiger partial charge in [-0.2, -0.15) is 20.0 Å². The highest BCUT2D eigenvalue weighted by Gasteiger charge is 2.34. The number of para-hydroxylation sites is 2. The monoisotopic (exact) mass is 448 g/mol. The molecule has 0 aliphatic carbocycles. The number of rotatable bonds is 5. The summed E-state index contributed by atoms with van der Waals surface area (Å²) in [4.78, 5) is 21.5. The van der Waals surface area contributed by atoms with Gasteiger partial charge in [0.1, 0.15) is 17.0 Å². The van der Waals surface area contributed by atoms with Crippen LogP contribution >= 0.6 is 0 Å². The van der Waals surface area contributed by atoms with Crippen molar-refractivity contribution in [1.29, 1.82) is 0 Å². The van der Waals surface area contributed by atoms with E-state index in [0.29, 0.717) is 41.5 Å². The first-order valence-electron chi connectivity index (χ1n) is 11.1. The summed E-state index contributed by atoms with van der Waals surface area (Å²) in [5.41, 5.74) is 2.79. The molecule has 1 saturated heterocycles. The Kier molecular flexibility index (Phi) is 5.53. The van der Waals surface area contributed by atoms with E-state index in [2.05, 4.69) is 27.4 Å². The molecule has 0 saturated carbocycles. The second kappa shape index (κ2) is 8.65. The van der Waals surface area contributed by atoms with E-state index < -0.39 is 5.82 Å². The molecule has 1 aliphatic rings. The molecule has 1 fully saturated rings. The molecule has 1 N–H and O–H groups in total. The Bertz CT molecular complexity index is 1250. The lowest BCUT2D eigenvalue weighted by atomic mass is 9.89.